The molecule has 0 aliphatic rings. The summed E-state index contributed by atoms with van der Waals surface area (Å²) in [5.74, 6) is -0.872. The Kier molecular flexibility index (Phi) is 5.05. The molecule has 1 aromatic carbocycles. The van der Waals surface area contributed by atoms with Crippen LogP contribution in [0.5, 0.6) is 5.75 Å². The molecule has 2 aromatic rings. The Hall–Kier alpha value is -2.34. The zero-order chi connectivity index (χ0) is 17.0. The van der Waals surface area contributed by atoms with E-state index in [1.807, 2.05) is 24.3 Å². The highest BCUT2D eigenvalue weighted by molar-refractivity contribution is 7.08. The average molecular weight is 333 g/mol. The van der Waals surface area contributed by atoms with Crippen LogP contribution < -0.4 is 10.1 Å². The Morgan fingerprint density at radius 2 is 1.83 bits per heavy atom. The number of hydrogen-bond acceptors (Lipinski definition) is 4. The molecular formula is C17H19NO4S. The van der Waals surface area contributed by atoms with Gasteiger partial charge >= 0.3 is 5.97 Å². The van der Waals surface area contributed by atoms with Crippen molar-refractivity contribution in [2.24, 2.45) is 0 Å². The van der Waals surface area contributed by atoms with Crippen molar-refractivity contribution in [2.45, 2.75) is 26.2 Å². The first-order valence-corrected chi connectivity index (χ1v) is 8.04. The van der Waals surface area contributed by atoms with Crippen LogP contribution in [-0.4, -0.2) is 23.6 Å². The van der Waals surface area contributed by atoms with Gasteiger partial charge < -0.3 is 15.2 Å². The number of carbonyl (C=O) groups is 2. The molecule has 2 rings (SSSR count). The van der Waals surface area contributed by atoms with E-state index < -0.39 is 11.9 Å². The van der Waals surface area contributed by atoms with Crippen molar-refractivity contribution in [1.82, 2.24) is 0 Å². The van der Waals surface area contributed by atoms with Gasteiger partial charge in [-0.05, 0) is 23.1 Å². The number of benzene rings is 1. The van der Waals surface area contributed by atoms with Crippen molar-refractivity contribution < 1.29 is 19.4 Å². The first kappa shape index (κ1) is 17.0. The number of anilines is 1. The maximum Gasteiger partial charge on any atom is 0.338 e. The van der Waals surface area contributed by atoms with Crippen LogP contribution in [0.3, 0.4) is 0 Å². The number of amides is 1. The third-order valence-electron chi connectivity index (χ3n) is 3.26. The molecule has 0 saturated carbocycles. The summed E-state index contributed by atoms with van der Waals surface area (Å²) in [4.78, 5) is 22.8. The molecule has 2 N–H and O–H groups in total. The minimum Gasteiger partial charge on any atom is -0.484 e. The van der Waals surface area contributed by atoms with E-state index in [2.05, 4.69) is 26.1 Å². The number of thiophene rings is 1. The molecule has 5 nitrogen and oxygen atoms in total. The predicted octanol–water partition coefficient (Wildman–Crippen LogP) is 3.76. The summed E-state index contributed by atoms with van der Waals surface area (Å²) in [6.07, 6.45) is 0. The lowest BCUT2D eigenvalue weighted by molar-refractivity contribution is -0.118. The van der Waals surface area contributed by atoms with Gasteiger partial charge in [0.2, 0.25) is 0 Å². The number of carbonyl (C=O) groups excluding carboxylic acids is 1. The fourth-order valence-corrected chi connectivity index (χ4v) is 2.70. The highest BCUT2D eigenvalue weighted by atomic mass is 32.1. The largest absolute Gasteiger partial charge is 0.484 e. The van der Waals surface area contributed by atoms with Crippen molar-refractivity contribution >= 4 is 28.9 Å². The van der Waals surface area contributed by atoms with Gasteiger partial charge in [0.1, 0.15) is 5.75 Å². The van der Waals surface area contributed by atoms with Crippen LogP contribution in [0.1, 0.15) is 36.7 Å². The first-order valence-electron chi connectivity index (χ1n) is 7.10. The number of nitrogens with one attached hydrogen (secondary N) is 1. The van der Waals surface area contributed by atoms with Crippen LogP contribution in [-0.2, 0) is 10.2 Å². The van der Waals surface area contributed by atoms with Gasteiger partial charge in [0.05, 0.1) is 11.3 Å². The lowest BCUT2D eigenvalue weighted by Gasteiger charge is -2.19. The fraction of sp³-hybridized carbons (Fsp3) is 0.294. The summed E-state index contributed by atoms with van der Waals surface area (Å²) in [7, 11) is 0. The molecule has 0 fully saturated rings. The van der Waals surface area contributed by atoms with Crippen LogP contribution in [0.2, 0.25) is 0 Å². The Balaban J connectivity index is 1.92. The Bertz CT molecular complexity index is 698. The smallest absolute Gasteiger partial charge is 0.338 e. The lowest BCUT2D eigenvalue weighted by Crippen LogP contribution is -2.21. The summed E-state index contributed by atoms with van der Waals surface area (Å²) in [5.41, 5.74) is 1.61. The van der Waals surface area contributed by atoms with Gasteiger partial charge in [0, 0.05) is 10.8 Å². The second-order valence-electron chi connectivity index (χ2n) is 6.12. The minimum atomic E-state index is -1.07. The van der Waals surface area contributed by atoms with Gasteiger partial charge in [-0.15, -0.1) is 11.3 Å². The second kappa shape index (κ2) is 6.83. The highest BCUT2D eigenvalue weighted by Gasteiger charge is 2.15. The summed E-state index contributed by atoms with van der Waals surface area (Å²) in [6.45, 7) is 6.19. The van der Waals surface area contributed by atoms with Crippen molar-refractivity contribution in [3.63, 3.8) is 0 Å². The summed E-state index contributed by atoms with van der Waals surface area (Å²) in [5, 5.41) is 14.6. The number of rotatable bonds is 5. The van der Waals surface area contributed by atoms with Gasteiger partial charge in [0.15, 0.2) is 6.61 Å². The van der Waals surface area contributed by atoms with Gasteiger partial charge in [-0.25, -0.2) is 4.79 Å². The van der Waals surface area contributed by atoms with Crippen molar-refractivity contribution in [1.29, 1.82) is 0 Å². The van der Waals surface area contributed by atoms with E-state index in [-0.39, 0.29) is 17.6 Å². The third kappa shape index (κ3) is 4.56. The fourth-order valence-electron chi connectivity index (χ4n) is 1.95. The van der Waals surface area contributed by atoms with Crippen LogP contribution in [0.15, 0.2) is 35.0 Å². The molecule has 0 aliphatic heterocycles. The zero-order valence-corrected chi connectivity index (χ0v) is 14.1. The Labute approximate surface area is 138 Å². The Morgan fingerprint density at radius 1 is 1.17 bits per heavy atom. The molecular weight excluding hydrogens is 314 g/mol. The maximum atomic E-state index is 11.9. The molecule has 0 aliphatic carbocycles. The molecule has 0 bridgehead atoms. The highest BCUT2D eigenvalue weighted by Crippen LogP contribution is 2.24. The summed E-state index contributed by atoms with van der Waals surface area (Å²) in [6, 6.07) is 7.57. The molecule has 0 unspecified atom stereocenters. The molecule has 1 amide bonds. The van der Waals surface area contributed by atoms with E-state index in [0.717, 1.165) is 0 Å². The molecule has 122 valence electrons. The number of hydrogen-bond donors (Lipinski definition) is 2. The second-order valence-corrected chi connectivity index (χ2v) is 6.86. The van der Waals surface area contributed by atoms with Crippen molar-refractivity contribution in [3.8, 4) is 5.75 Å². The SMILES string of the molecule is CC(C)(C)c1ccc(OCC(=O)Nc2cscc2C(=O)O)cc1. The molecule has 0 spiro atoms. The van der Waals surface area contributed by atoms with Gasteiger partial charge in [-0.2, -0.15) is 0 Å². The monoisotopic (exact) mass is 333 g/mol. The number of aromatic carboxylic acids is 1. The topological polar surface area (TPSA) is 75.6 Å². The lowest BCUT2D eigenvalue weighted by atomic mass is 9.87. The average Bonchev–Trinajstić information content (AvgIpc) is 2.93. The molecule has 23 heavy (non-hydrogen) atoms. The van der Waals surface area contributed by atoms with E-state index in [1.165, 1.54) is 22.3 Å². The first-order chi connectivity index (χ1) is 10.8. The Morgan fingerprint density at radius 3 is 2.39 bits per heavy atom. The molecule has 1 heterocycles. The maximum absolute atomic E-state index is 11.9. The van der Waals surface area contributed by atoms with E-state index in [9.17, 15) is 9.59 Å². The van der Waals surface area contributed by atoms with Gasteiger partial charge in [-0.1, -0.05) is 32.9 Å². The normalized spacial score (nSPS) is 11.1. The number of carboxylic acid groups (broad SMARTS) is 1. The van der Waals surface area contributed by atoms with Gasteiger partial charge in [0.25, 0.3) is 5.91 Å². The van der Waals surface area contributed by atoms with Crippen LogP contribution in [0.4, 0.5) is 5.69 Å². The molecule has 6 heteroatoms. The predicted molar refractivity (Wildman–Crippen MR) is 90.5 cm³/mol. The van der Waals surface area contributed by atoms with Gasteiger partial charge in [-0.3, -0.25) is 4.79 Å². The zero-order valence-electron chi connectivity index (χ0n) is 13.3. The molecule has 0 saturated heterocycles. The minimum absolute atomic E-state index is 0.0576. The van der Waals surface area contributed by atoms with E-state index >= 15 is 0 Å². The van der Waals surface area contributed by atoms with Crippen LogP contribution in [0, 0.1) is 0 Å². The number of carboxylic acids is 1. The van der Waals surface area contributed by atoms with E-state index in [1.54, 1.807) is 5.38 Å². The third-order valence-corrected chi connectivity index (χ3v) is 4.00. The van der Waals surface area contributed by atoms with Crippen LogP contribution >= 0.6 is 11.3 Å². The standard InChI is InChI=1S/C17H19NO4S/c1-17(2,3)11-4-6-12(7-5-11)22-8-15(19)18-14-10-23-9-13(14)16(20)21/h4-7,9-10H,8H2,1-3H3,(H,18,19)(H,20,21). The van der Waals surface area contributed by atoms with E-state index in [4.69, 9.17) is 9.84 Å². The molecule has 1 aromatic heterocycles. The molecule has 0 radical (unpaired) electrons. The molecule has 0 atom stereocenters. The summed E-state index contributed by atoms with van der Waals surface area (Å²) >= 11 is 1.22. The quantitative estimate of drug-likeness (QED) is 0.873. The number of ether oxygens (including phenoxy) is 1. The van der Waals surface area contributed by atoms with Crippen molar-refractivity contribution in [3.05, 3.63) is 46.2 Å². The van der Waals surface area contributed by atoms with E-state index in [0.29, 0.717) is 11.4 Å². The van der Waals surface area contributed by atoms with Crippen molar-refractivity contribution in [2.75, 3.05) is 11.9 Å². The van der Waals surface area contributed by atoms with Crippen LogP contribution in [0.25, 0.3) is 0 Å². The summed E-state index contributed by atoms with van der Waals surface area (Å²) < 4.78 is 5.43.